The highest BCUT2D eigenvalue weighted by atomic mass is 28.3. The van der Waals surface area contributed by atoms with Crippen molar-refractivity contribution in [3.8, 4) is 23.5 Å². The third-order valence-corrected chi connectivity index (χ3v) is 14.5. The van der Waals surface area contributed by atoms with Crippen molar-refractivity contribution in [3.05, 3.63) is 96.2 Å². The maximum atomic E-state index is 6.23. The quantitative estimate of drug-likeness (QED) is 0.190. The number of hydrogen-bond donors (Lipinski definition) is 0. The van der Waals surface area contributed by atoms with Gasteiger partial charge in [0, 0.05) is 17.1 Å². The average molecular weight is 464 g/mol. The van der Waals surface area contributed by atoms with Crippen LogP contribution in [0, 0.1) is 12.3 Å². The van der Waals surface area contributed by atoms with Crippen molar-refractivity contribution < 1.29 is 0 Å². The Balaban J connectivity index is 1.87. The number of rotatable bonds is 7. The lowest BCUT2D eigenvalue weighted by molar-refractivity contribution is 0.771. The minimum atomic E-state index is -1.91. The summed E-state index contributed by atoms with van der Waals surface area (Å²) in [6.07, 6.45) is 8.65. The second-order valence-corrected chi connectivity index (χ2v) is 16.1. The Morgan fingerprint density at radius 1 is 0.676 bits per heavy atom. The average Bonchev–Trinajstić information content (AvgIpc) is 3.20. The predicted molar refractivity (Wildman–Crippen MR) is 151 cm³/mol. The van der Waals surface area contributed by atoms with Crippen LogP contribution in [-0.2, 0) is 0 Å². The molecule has 4 rings (SSSR count). The van der Waals surface area contributed by atoms with Crippen LogP contribution in [0.25, 0.3) is 22.0 Å². The standard InChI is InChI=1S/C32H37NSi/c1-8-29(28-20-18-27(19-21-28)26-14-10-9-11-15-26)31-22-33(32-17-13-12-16-30(31)32)34(23(2)3,24(4)5)25(6)7/h1,9-25,29H,2-7H3. The van der Waals surface area contributed by atoms with Gasteiger partial charge in [0.05, 0.1) is 5.92 Å². The molecule has 0 aliphatic carbocycles. The van der Waals surface area contributed by atoms with Crippen molar-refractivity contribution in [2.45, 2.75) is 64.1 Å². The number of terminal acetylenes is 1. The molecule has 1 atom stereocenters. The molecule has 2 heteroatoms. The van der Waals surface area contributed by atoms with Gasteiger partial charge in [0.2, 0.25) is 0 Å². The first kappa shape index (κ1) is 24.1. The Labute approximate surface area is 206 Å². The highest BCUT2D eigenvalue weighted by Crippen LogP contribution is 2.46. The van der Waals surface area contributed by atoms with Gasteiger partial charge in [-0.05, 0) is 44.9 Å². The van der Waals surface area contributed by atoms with Gasteiger partial charge in [0.25, 0.3) is 0 Å². The molecule has 0 radical (unpaired) electrons. The normalized spacial score (nSPS) is 13.1. The molecule has 174 valence electrons. The smallest absolute Gasteiger partial charge is 0.169 e. The van der Waals surface area contributed by atoms with Crippen molar-refractivity contribution >= 4 is 19.1 Å². The van der Waals surface area contributed by atoms with Crippen LogP contribution in [0.1, 0.15) is 58.6 Å². The van der Waals surface area contributed by atoms with Crippen LogP contribution >= 0.6 is 0 Å². The zero-order chi connectivity index (χ0) is 24.5. The first-order valence-corrected chi connectivity index (χ1v) is 14.7. The second kappa shape index (κ2) is 9.69. The Kier molecular flexibility index (Phi) is 6.87. The Morgan fingerprint density at radius 2 is 1.21 bits per heavy atom. The molecule has 0 amide bonds. The summed E-state index contributed by atoms with van der Waals surface area (Å²) < 4.78 is 2.69. The van der Waals surface area contributed by atoms with E-state index in [9.17, 15) is 0 Å². The molecule has 0 aliphatic rings. The van der Waals surface area contributed by atoms with Gasteiger partial charge in [-0.25, -0.2) is 0 Å². The molecule has 0 N–H and O–H groups in total. The number of aromatic nitrogens is 1. The molecule has 1 heterocycles. The number of nitrogens with zero attached hydrogens (tertiary/aromatic N) is 1. The predicted octanol–water partition coefficient (Wildman–Crippen LogP) is 9.10. The van der Waals surface area contributed by atoms with Crippen molar-refractivity contribution in [1.29, 1.82) is 0 Å². The van der Waals surface area contributed by atoms with E-state index in [0.29, 0.717) is 16.6 Å². The molecule has 0 bridgehead atoms. The number of hydrogen-bond acceptors (Lipinski definition) is 0. The molecule has 0 saturated heterocycles. The molecule has 4 aromatic rings. The van der Waals surface area contributed by atoms with Gasteiger partial charge in [0.15, 0.2) is 8.24 Å². The second-order valence-electron chi connectivity index (χ2n) is 10.4. The maximum Gasteiger partial charge on any atom is 0.169 e. The van der Waals surface area contributed by atoms with E-state index in [4.69, 9.17) is 6.42 Å². The lowest BCUT2D eigenvalue weighted by atomic mass is 9.90. The minimum absolute atomic E-state index is 0.0749. The van der Waals surface area contributed by atoms with Crippen LogP contribution < -0.4 is 0 Å². The summed E-state index contributed by atoms with van der Waals surface area (Å²) in [5.41, 5.74) is 8.06. The molecule has 0 aliphatic heterocycles. The van der Waals surface area contributed by atoms with Crippen molar-refractivity contribution in [1.82, 2.24) is 4.23 Å². The van der Waals surface area contributed by atoms with Gasteiger partial charge >= 0.3 is 0 Å². The Morgan fingerprint density at radius 3 is 1.76 bits per heavy atom. The van der Waals surface area contributed by atoms with Crippen LogP contribution in [0.15, 0.2) is 85.1 Å². The van der Waals surface area contributed by atoms with E-state index < -0.39 is 8.24 Å². The van der Waals surface area contributed by atoms with Gasteiger partial charge in [-0.3, -0.25) is 0 Å². The van der Waals surface area contributed by atoms with E-state index in [1.54, 1.807) is 0 Å². The van der Waals surface area contributed by atoms with E-state index in [1.807, 2.05) is 0 Å². The highest BCUT2D eigenvalue weighted by molar-refractivity contribution is 6.82. The third kappa shape index (κ3) is 3.93. The lowest BCUT2D eigenvalue weighted by Gasteiger charge is -2.44. The largest absolute Gasteiger partial charge is 0.373 e. The molecule has 1 nitrogen and oxygen atoms in total. The van der Waals surface area contributed by atoms with E-state index in [1.165, 1.54) is 33.2 Å². The van der Waals surface area contributed by atoms with Crippen molar-refractivity contribution in [2.24, 2.45) is 0 Å². The van der Waals surface area contributed by atoms with E-state index in [-0.39, 0.29) is 5.92 Å². The van der Waals surface area contributed by atoms with E-state index in [0.717, 1.165) is 0 Å². The SMILES string of the molecule is C#CC(c1ccc(-c2ccccc2)cc1)c1cn([Si](C(C)C)(C(C)C)C(C)C)c2ccccc12. The van der Waals surface area contributed by atoms with E-state index >= 15 is 0 Å². The fourth-order valence-corrected chi connectivity index (χ4v) is 13.1. The number of benzene rings is 3. The molecular formula is C32H37NSi. The third-order valence-electron chi connectivity index (χ3n) is 7.76. The topological polar surface area (TPSA) is 4.93 Å². The molecule has 0 saturated carbocycles. The van der Waals surface area contributed by atoms with Gasteiger partial charge in [-0.2, -0.15) is 0 Å². The lowest BCUT2D eigenvalue weighted by Crippen LogP contribution is -2.51. The van der Waals surface area contributed by atoms with Crippen LogP contribution in [0.4, 0.5) is 0 Å². The van der Waals surface area contributed by atoms with Crippen LogP contribution in [0.5, 0.6) is 0 Å². The zero-order valence-electron chi connectivity index (χ0n) is 21.4. The summed E-state index contributed by atoms with van der Waals surface area (Å²) in [5, 5.41) is 1.29. The van der Waals surface area contributed by atoms with Crippen molar-refractivity contribution in [2.75, 3.05) is 0 Å². The Bertz CT molecular complexity index is 1260. The van der Waals surface area contributed by atoms with Gasteiger partial charge < -0.3 is 4.23 Å². The summed E-state index contributed by atoms with van der Waals surface area (Å²) in [6, 6.07) is 28.2. The molecule has 0 fully saturated rings. The fraction of sp³-hybridized carbons (Fsp3) is 0.312. The highest BCUT2D eigenvalue weighted by Gasteiger charge is 2.46. The fourth-order valence-electron chi connectivity index (χ4n) is 6.46. The summed E-state index contributed by atoms with van der Waals surface area (Å²) >= 11 is 0. The molecule has 0 spiro atoms. The maximum absolute atomic E-state index is 6.23. The van der Waals surface area contributed by atoms with Crippen LogP contribution in [-0.4, -0.2) is 12.5 Å². The monoisotopic (exact) mass is 463 g/mol. The zero-order valence-corrected chi connectivity index (χ0v) is 22.4. The van der Waals surface area contributed by atoms with Gasteiger partial charge in [-0.1, -0.05) is 120 Å². The number of para-hydroxylation sites is 1. The molecular weight excluding hydrogens is 426 g/mol. The van der Waals surface area contributed by atoms with Crippen LogP contribution in [0.3, 0.4) is 0 Å². The summed E-state index contributed by atoms with van der Waals surface area (Å²) in [5.74, 6) is 3.07. The van der Waals surface area contributed by atoms with Crippen molar-refractivity contribution in [3.63, 3.8) is 0 Å². The first-order chi connectivity index (χ1) is 16.3. The van der Waals surface area contributed by atoms with E-state index in [2.05, 4.69) is 137 Å². The van der Waals surface area contributed by atoms with Crippen LogP contribution in [0.2, 0.25) is 16.6 Å². The number of fused-ring (bicyclic) bond motifs is 1. The summed E-state index contributed by atoms with van der Waals surface area (Å²) in [7, 11) is -1.91. The molecule has 1 unspecified atom stereocenters. The Hall–Kier alpha value is -3.02. The molecule has 3 aromatic carbocycles. The first-order valence-electron chi connectivity index (χ1n) is 12.5. The molecule has 1 aromatic heterocycles. The van der Waals surface area contributed by atoms with Gasteiger partial charge in [0.1, 0.15) is 0 Å². The van der Waals surface area contributed by atoms with Gasteiger partial charge in [-0.15, -0.1) is 6.42 Å². The molecule has 34 heavy (non-hydrogen) atoms. The summed E-state index contributed by atoms with van der Waals surface area (Å²) in [4.78, 5) is 0. The summed E-state index contributed by atoms with van der Waals surface area (Å²) in [6.45, 7) is 14.5. The minimum Gasteiger partial charge on any atom is -0.373 e.